The minimum atomic E-state index is 0.201. The zero-order valence-corrected chi connectivity index (χ0v) is 13.6. The lowest BCUT2D eigenvalue weighted by Gasteiger charge is -2.35. The number of benzene rings is 1. The first-order valence-corrected chi connectivity index (χ1v) is 8.32. The van der Waals surface area contributed by atoms with E-state index in [0.717, 1.165) is 55.6 Å². The molecule has 3 heteroatoms. The second kappa shape index (κ2) is 7.48. The summed E-state index contributed by atoms with van der Waals surface area (Å²) in [6, 6.07) is 6.46. The number of rotatable bonds is 5. The van der Waals surface area contributed by atoms with E-state index in [1.165, 1.54) is 6.42 Å². The van der Waals surface area contributed by atoms with Crippen LogP contribution < -0.4 is 5.32 Å². The van der Waals surface area contributed by atoms with Gasteiger partial charge in [0.15, 0.2) is 0 Å². The van der Waals surface area contributed by atoms with Crippen LogP contribution in [0.25, 0.3) is 0 Å². The Kier molecular flexibility index (Phi) is 5.66. The number of amides is 1. The van der Waals surface area contributed by atoms with E-state index in [-0.39, 0.29) is 5.91 Å². The second-order valence-corrected chi connectivity index (χ2v) is 6.01. The van der Waals surface area contributed by atoms with Crippen LogP contribution in [0.3, 0.4) is 0 Å². The Bertz CT molecular complexity index is 484. The first kappa shape index (κ1) is 15.9. The van der Waals surface area contributed by atoms with Crippen LogP contribution in [0.5, 0.6) is 0 Å². The molecular formula is C18H28N2O. The smallest absolute Gasteiger partial charge is 0.254 e. The normalized spacial score (nSPS) is 18.6. The molecule has 0 saturated carbocycles. The summed E-state index contributed by atoms with van der Waals surface area (Å²) in [5, 5.41) is 3.40. The molecular weight excluding hydrogens is 260 g/mol. The zero-order chi connectivity index (χ0) is 15.2. The summed E-state index contributed by atoms with van der Waals surface area (Å²) in [6.07, 6.45) is 5.70. The highest BCUT2D eigenvalue weighted by atomic mass is 16.2. The van der Waals surface area contributed by atoms with E-state index in [4.69, 9.17) is 0 Å². The fourth-order valence-electron chi connectivity index (χ4n) is 3.11. The van der Waals surface area contributed by atoms with Gasteiger partial charge >= 0.3 is 0 Å². The largest absolute Gasteiger partial charge is 0.385 e. The van der Waals surface area contributed by atoms with Crippen LogP contribution in [0.1, 0.15) is 61.9 Å². The third kappa shape index (κ3) is 3.78. The third-order valence-corrected chi connectivity index (χ3v) is 4.40. The van der Waals surface area contributed by atoms with Crippen molar-refractivity contribution in [3.8, 4) is 0 Å². The average Bonchev–Trinajstić information content (AvgIpc) is 2.53. The summed E-state index contributed by atoms with van der Waals surface area (Å²) in [5.74, 6) is 0.201. The molecule has 0 radical (unpaired) electrons. The van der Waals surface area contributed by atoms with Crippen molar-refractivity contribution >= 4 is 11.6 Å². The quantitative estimate of drug-likeness (QED) is 0.879. The maximum Gasteiger partial charge on any atom is 0.254 e. The van der Waals surface area contributed by atoms with E-state index in [0.29, 0.717) is 6.04 Å². The van der Waals surface area contributed by atoms with Crippen LogP contribution in [-0.4, -0.2) is 29.9 Å². The average molecular weight is 288 g/mol. The highest BCUT2D eigenvalue weighted by Crippen LogP contribution is 2.23. The summed E-state index contributed by atoms with van der Waals surface area (Å²) >= 11 is 0. The lowest BCUT2D eigenvalue weighted by Crippen LogP contribution is -2.43. The topological polar surface area (TPSA) is 32.3 Å². The Morgan fingerprint density at radius 3 is 2.81 bits per heavy atom. The minimum absolute atomic E-state index is 0.201. The number of nitrogens with one attached hydrogen (secondary N) is 1. The van der Waals surface area contributed by atoms with Gasteiger partial charge in [-0.1, -0.05) is 13.8 Å². The van der Waals surface area contributed by atoms with Crippen molar-refractivity contribution in [1.29, 1.82) is 0 Å². The van der Waals surface area contributed by atoms with E-state index in [2.05, 4.69) is 31.0 Å². The molecule has 1 fully saturated rings. The van der Waals surface area contributed by atoms with Crippen molar-refractivity contribution in [3.63, 3.8) is 0 Å². The summed E-state index contributed by atoms with van der Waals surface area (Å²) in [6.45, 7) is 8.29. The maximum atomic E-state index is 12.8. The standard InChI is InChI=1S/C18H28N2O/c1-4-11-19-17-10-9-15(13-14(17)3)18(21)20-12-7-6-8-16(20)5-2/h9-10,13,16,19H,4-8,11-12H2,1-3H3. The molecule has 0 spiro atoms. The first-order chi connectivity index (χ1) is 10.2. The fraction of sp³-hybridized carbons (Fsp3) is 0.611. The van der Waals surface area contributed by atoms with Gasteiger partial charge in [-0.05, 0) is 62.8 Å². The van der Waals surface area contributed by atoms with Crippen LogP contribution in [-0.2, 0) is 0 Å². The monoisotopic (exact) mass is 288 g/mol. The first-order valence-electron chi connectivity index (χ1n) is 8.32. The molecule has 1 atom stereocenters. The van der Waals surface area contributed by atoms with Gasteiger partial charge < -0.3 is 10.2 Å². The molecule has 1 amide bonds. The van der Waals surface area contributed by atoms with Gasteiger partial charge in [-0.3, -0.25) is 4.79 Å². The summed E-state index contributed by atoms with van der Waals surface area (Å²) in [7, 11) is 0. The fourth-order valence-corrected chi connectivity index (χ4v) is 3.11. The van der Waals surface area contributed by atoms with Crippen LogP contribution in [0, 0.1) is 6.92 Å². The van der Waals surface area contributed by atoms with Crippen molar-refractivity contribution in [2.75, 3.05) is 18.4 Å². The number of carbonyl (C=O) groups is 1. The molecule has 1 unspecified atom stereocenters. The zero-order valence-electron chi connectivity index (χ0n) is 13.6. The van der Waals surface area contributed by atoms with Gasteiger partial charge in [0, 0.05) is 30.4 Å². The van der Waals surface area contributed by atoms with Gasteiger partial charge in [0.05, 0.1) is 0 Å². The minimum Gasteiger partial charge on any atom is -0.385 e. The van der Waals surface area contributed by atoms with E-state index in [1.54, 1.807) is 0 Å². The Labute approximate surface area is 128 Å². The third-order valence-electron chi connectivity index (χ3n) is 4.40. The van der Waals surface area contributed by atoms with E-state index >= 15 is 0 Å². The van der Waals surface area contributed by atoms with Crippen molar-refractivity contribution in [1.82, 2.24) is 4.90 Å². The predicted octanol–water partition coefficient (Wildman–Crippen LogP) is 4.22. The molecule has 1 heterocycles. The molecule has 0 aromatic heterocycles. The number of aryl methyl sites for hydroxylation is 1. The maximum absolute atomic E-state index is 12.8. The molecule has 1 aliphatic rings. The number of likely N-dealkylation sites (tertiary alicyclic amines) is 1. The Morgan fingerprint density at radius 2 is 2.14 bits per heavy atom. The molecule has 0 aliphatic carbocycles. The SMILES string of the molecule is CCCNc1ccc(C(=O)N2CCCCC2CC)cc1C. The Balaban J connectivity index is 2.13. The number of carbonyl (C=O) groups excluding carboxylic acids is 1. The summed E-state index contributed by atoms with van der Waals surface area (Å²) in [4.78, 5) is 14.8. The molecule has 2 rings (SSSR count). The van der Waals surface area contributed by atoms with Crippen LogP contribution in [0.2, 0.25) is 0 Å². The van der Waals surface area contributed by atoms with Crippen molar-refractivity contribution < 1.29 is 4.79 Å². The number of piperidine rings is 1. The second-order valence-electron chi connectivity index (χ2n) is 6.01. The van der Waals surface area contributed by atoms with Crippen molar-refractivity contribution in [3.05, 3.63) is 29.3 Å². The molecule has 1 saturated heterocycles. The van der Waals surface area contributed by atoms with Gasteiger partial charge in [0.25, 0.3) is 5.91 Å². The molecule has 3 nitrogen and oxygen atoms in total. The highest BCUT2D eigenvalue weighted by Gasteiger charge is 2.26. The number of hydrogen-bond donors (Lipinski definition) is 1. The highest BCUT2D eigenvalue weighted by molar-refractivity contribution is 5.95. The van der Waals surface area contributed by atoms with E-state index in [1.807, 2.05) is 18.2 Å². The Hall–Kier alpha value is -1.51. The molecule has 116 valence electrons. The lowest BCUT2D eigenvalue weighted by atomic mass is 9.98. The van der Waals surface area contributed by atoms with Crippen LogP contribution in [0.4, 0.5) is 5.69 Å². The van der Waals surface area contributed by atoms with Crippen molar-refractivity contribution in [2.45, 2.75) is 58.9 Å². The lowest BCUT2D eigenvalue weighted by molar-refractivity contribution is 0.0608. The van der Waals surface area contributed by atoms with Crippen LogP contribution in [0.15, 0.2) is 18.2 Å². The van der Waals surface area contributed by atoms with Gasteiger partial charge in [-0.25, -0.2) is 0 Å². The number of nitrogens with zero attached hydrogens (tertiary/aromatic N) is 1. The number of hydrogen-bond acceptors (Lipinski definition) is 2. The van der Waals surface area contributed by atoms with Gasteiger partial charge in [0.1, 0.15) is 0 Å². The van der Waals surface area contributed by atoms with Crippen molar-refractivity contribution in [2.24, 2.45) is 0 Å². The van der Waals surface area contributed by atoms with Crippen LogP contribution >= 0.6 is 0 Å². The van der Waals surface area contributed by atoms with E-state index in [9.17, 15) is 4.79 Å². The molecule has 1 aliphatic heterocycles. The molecule has 0 bridgehead atoms. The van der Waals surface area contributed by atoms with Gasteiger partial charge in [-0.15, -0.1) is 0 Å². The molecule has 1 N–H and O–H groups in total. The van der Waals surface area contributed by atoms with Gasteiger partial charge in [0.2, 0.25) is 0 Å². The molecule has 1 aromatic rings. The Morgan fingerprint density at radius 1 is 1.33 bits per heavy atom. The summed E-state index contributed by atoms with van der Waals surface area (Å²) in [5.41, 5.74) is 3.12. The molecule has 21 heavy (non-hydrogen) atoms. The predicted molar refractivity (Wildman–Crippen MR) is 88.9 cm³/mol. The molecule has 1 aromatic carbocycles. The van der Waals surface area contributed by atoms with E-state index < -0.39 is 0 Å². The van der Waals surface area contributed by atoms with Gasteiger partial charge in [-0.2, -0.15) is 0 Å². The number of anilines is 1. The summed E-state index contributed by atoms with van der Waals surface area (Å²) < 4.78 is 0.